The highest BCUT2D eigenvalue weighted by atomic mass is 19.3. The van der Waals surface area contributed by atoms with E-state index in [4.69, 9.17) is 0 Å². The summed E-state index contributed by atoms with van der Waals surface area (Å²) in [6, 6.07) is 3.08. The third-order valence-electron chi connectivity index (χ3n) is 3.49. The summed E-state index contributed by atoms with van der Waals surface area (Å²) in [4.78, 5) is 23.9. The second-order valence-electron chi connectivity index (χ2n) is 5.45. The number of hydrogen-bond donors (Lipinski definition) is 3. The molecule has 1 rings (SSSR count). The summed E-state index contributed by atoms with van der Waals surface area (Å²) in [5, 5.41) is 7.77. The molecule has 0 saturated heterocycles. The molecular formula is C16H23F2N3O3. The van der Waals surface area contributed by atoms with Crippen molar-refractivity contribution in [3.63, 3.8) is 0 Å². The SMILES string of the molecule is CC[C@@H](C)NC(=O)[C@H](C)NC(=O)Nc1cccc(OC(F)F)c1C. The monoisotopic (exact) mass is 343 g/mol. The van der Waals surface area contributed by atoms with Crippen molar-refractivity contribution in [3.05, 3.63) is 23.8 Å². The molecule has 0 aliphatic carbocycles. The van der Waals surface area contributed by atoms with Crippen molar-refractivity contribution in [2.24, 2.45) is 0 Å². The van der Waals surface area contributed by atoms with E-state index in [1.54, 1.807) is 19.9 Å². The fourth-order valence-corrected chi connectivity index (χ4v) is 1.86. The van der Waals surface area contributed by atoms with Gasteiger partial charge in [-0.15, -0.1) is 0 Å². The van der Waals surface area contributed by atoms with Crippen molar-refractivity contribution in [3.8, 4) is 5.75 Å². The lowest BCUT2D eigenvalue weighted by Crippen LogP contribution is -2.48. The number of alkyl halides is 2. The Hall–Kier alpha value is -2.38. The van der Waals surface area contributed by atoms with Gasteiger partial charge in [-0.25, -0.2) is 4.79 Å². The smallest absolute Gasteiger partial charge is 0.387 e. The number of anilines is 1. The highest BCUT2D eigenvalue weighted by Crippen LogP contribution is 2.26. The van der Waals surface area contributed by atoms with Crippen molar-refractivity contribution in [1.82, 2.24) is 10.6 Å². The molecule has 134 valence electrons. The Labute approximate surface area is 139 Å². The predicted molar refractivity (Wildman–Crippen MR) is 87.3 cm³/mol. The van der Waals surface area contributed by atoms with E-state index in [1.165, 1.54) is 12.1 Å². The predicted octanol–water partition coefficient (Wildman–Crippen LogP) is 3.02. The Balaban J connectivity index is 2.66. The minimum Gasteiger partial charge on any atom is -0.434 e. The molecule has 1 aromatic carbocycles. The van der Waals surface area contributed by atoms with E-state index in [0.29, 0.717) is 11.3 Å². The van der Waals surface area contributed by atoms with Crippen LogP contribution in [-0.4, -0.2) is 30.6 Å². The number of nitrogens with one attached hydrogen (secondary N) is 3. The first-order valence-electron chi connectivity index (χ1n) is 7.66. The molecule has 0 unspecified atom stereocenters. The fraction of sp³-hybridized carbons (Fsp3) is 0.500. The van der Waals surface area contributed by atoms with Gasteiger partial charge in [0.1, 0.15) is 11.8 Å². The van der Waals surface area contributed by atoms with Gasteiger partial charge in [-0.05, 0) is 39.3 Å². The molecule has 0 heterocycles. The van der Waals surface area contributed by atoms with Gasteiger partial charge in [-0.1, -0.05) is 13.0 Å². The van der Waals surface area contributed by atoms with Crippen LogP contribution < -0.4 is 20.7 Å². The lowest BCUT2D eigenvalue weighted by Gasteiger charge is -2.18. The Kier molecular flexibility index (Phi) is 7.41. The second-order valence-corrected chi connectivity index (χ2v) is 5.45. The maximum Gasteiger partial charge on any atom is 0.387 e. The molecule has 0 aliphatic rings. The van der Waals surface area contributed by atoms with Crippen LogP contribution >= 0.6 is 0 Å². The molecule has 3 amide bonds. The molecule has 24 heavy (non-hydrogen) atoms. The molecule has 3 N–H and O–H groups in total. The average molecular weight is 343 g/mol. The summed E-state index contributed by atoms with van der Waals surface area (Å²) in [5.74, 6) is -0.323. The first-order valence-corrected chi connectivity index (χ1v) is 7.66. The molecule has 0 saturated carbocycles. The molecule has 1 aromatic rings. The average Bonchev–Trinajstić information content (AvgIpc) is 2.50. The summed E-state index contributed by atoms with van der Waals surface area (Å²) in [5.41, 5.74) is 0.685. The van der Waals surface area contributed by atoms with Crippen LogP contribution in [0.2, 0.25) is 0 Å². The van der Waals surface area contributed by atoms with Crippen molar-refractivity contribution in [2.45, 2.75) is 52.8 Å². The molecule has 6 nitrogen and oxygen atoms in total. The van der Waals surface area contributed by atoms with Crippen LogP contribution in [0.25, 0.3) is 0 Å². The van der Waals surface area contributed by atoms with E-state index in [-0.39, 0.29) is 17.7 Å². The highest BCUT2D eigenvalue weighted by molar-refractivity contribution is 5.94. The van der Waals surface area contributed by atoms with E-state index in [1.807, 2.05) is 13.8 Å². The topological polar surface area (TPSA) is 79.5 Å². The number of urea groups is 1. The van der Waals surface area contributed by atoms with Crippen LogP contribution in [0.1, 0.15) is 32.8 Å². The molecule has 0 fully saturated rings. The number of halogens is 2. The minimum atomic E-state index is -2.95. The fourth-order valence-electron chi connectivity index (χ4n) is 1.86. The third kappa shape index (κ3) is 6.02. The summed E-state index contributed by atoms with van der Waals surface area (Å²) in [6.07, 6.45) is 0.779. The van der Waals surface area contributed by atoms with Crippen molar-refractivity contribution < 1.29 is 23.1 Å². The number of ether oxygens (including phenoxy) is 1. The largest absolute Gasteiger partial charge is 0.434 e. The van der Waals surface area contributed by atoms with Gasteiger partial charge >= 0.3 is 12.6 Å². The Morgan fingerprint density at radius 3 is 2.46 bits per heavy atom. The zero-order valence-corrected chi connectivity index (χ0v) is 14.2. The molecule has 0 aromatic heterocycles. The number of carbonyl (C=O) groups excluding carboxylic acids is 2. The van der Waals surface area contributed by atoms with Gasteiger partial charge in [0, 0.05) is 17.3 Å². The first-order chi connectivity index (χ1) is 11.2. The number of carbonyl (C=O) groups is 2. The third-order valence-corrected chi connectivity index (χ3v) is 3.49. The van der Waals surface area contributed by atoms with Crippen LogP contribution in [0.3, 0.4) is 0 Å². The molecule has 0 radical (unpaired) electrons. The van der Waals surface area contributed by atoms with Gasteiger partial charge in [-0.2, -0.15) is 8.78 Å². The maximum absolute atomic E-state index is 12.3. The van der Waals surface area contributed by atoms with E-state index >= 15 is 0 Å². The Morgan fingerprint density at radius 2 is 1.88 bits per heavy atom. The van der Waals surface area contributed by atoms with Gasteiger partial charge in [0.25, 0.3) is 0 Å². The van der Waals surface area contributed by atoms with Gasteiger partial charge in [-0.3, -0.25) is 4.79 Å². The Bertz CT molecular complexity index is 582. The van der Waals surface area contributed by atoms with Crippen LogP contribution in [-0.2, 0) is 4.79 Å². The second kappa shape index (κ2) is 9.05. The zero-order chi connectivity index (χ0) is 18.3. The first kappa shape index (κ1) is 19.7. The molecular weight excluding hydrogens is 320 g/mol. The van der Waals surface area contributed by atoms with E-state index in [9.17, 15) is 18.4 Å². The lowest BCUT2D eigenvalue weighted by molar-refractivity contribution is -0.123. The number of hydrogen-bond acceptors (Lipinski definition) is 3. The van der Waals surface area contributed by atoms with Crippen molar-refractivity contribution in [2.75, 3.05) is 5.32 Å². The molecule has 2 atom stereocenters. The lowest BCUT2D eigenvalue weighted by atomic mass is 10.2. The van der Waals surface area contributed by atoms with Crippen LogP contribution in [0, 0.1) is 6.92 Å². The van der Waals surface area contributed by atoms with E-state index in [0.717, 1.165) is 6.42 Å². The number of benzene rings is 1. The van der Waals surface area contributed by atoms with Crippen LogP contribution in [0.4, 0.5) is 19.3 Å². The summed E-state index contributed by atoms with van der Waals surface area (Å²) >= 11 is 0. The highest BCUT2D eigenvalue weighted by Gasteiger charge is 2.18. The van der Waals surface area contributed by atoms with Gasteiger partial charge in [0.2, 0.25) is 5.91 Å². The normalized spacial score (nSPS) is 13.1. The number of rotatable bonds is 7. The van der Waals surface area contributed by atoms with Crippen LogP contribution in [0.5, 0.6) is 5.75 Å². The Morgan fingerprint density at radius 1 is 1.21 bits per heavy atom. The van der Waals surface area contributed by atoms with Gasteiger partial charge in [0.05, 0.1) is 0 Å². The van der Waals surface area contributed by atoms with E-state index in [2.05, 4.69) is 20.7 Å². The molecule has 0 spiro atoms. The van der Waals surface area contributed by atoms with Crippen LogP contribution in [0.15, 0.2) is 18.2 Å². The molecule has 0 bridgehead atoms. The minimum absolute atomic E-state index is 0.00948. The zero-order valence-electron chi connectivity index (χ0n) is 14.2. The van der Waals surface area contributed by atoms with Crippen molar-refractivity contribution >= 4 is 17.6 Å². The van der Waals surface area contributed by atoms with Gasteiger partial charge < -0.3 is 20.7 Å². The number of amides is 3. The summed E-state index contributed by atoms with van der Waals surface area (Å²) in [6.45, 7) is 3.96. The molecule has 0 aliphatic heterocycles. The van der Waals surface area contributed by atoms with Crippen molar-refractivity contribution in [1.29, 1.82) is 0 Å². The quantitative estimate of drug-likeness (QED) is 0.712. The summed E-state index contributed by atoms with van der Waals surface area (Å²) in [7, 11) is 0. The standard InChI is InChI=1S/C16H23F2N3O3/c1-5-9(2)19-14(22)11(4)20-16(23)21-12-7-6-8-13(10(12)3)24-15(17)18/h6-9,11,15H,5H2,1-4H3,(H,19,22)(H2,20,21,23)/t9-,11+/m1/s1. The maximum atomic E-state index is 12.3. The van der Waals surface area contributed by atoms with Gasteiger partial charge in [0.15, 0.2) is 0 Å². The summed E-state index contributed by atoms with van der Waals surface area (Å²) < 4.78 is 29.0. The van der Waals surface area contributed by atoms with E-state index < -0.39 is 18.7 Å². The molecule has 8 heteroatoms.